The van der Waals surface area contributed by atoms with Gasteiger partial charge < -0.3 is 4.90 Å². The molecule has 0 radical (unpaired) electrons. The molecule has 0 saturated heterocycles. The summed E-state index contributed by atoms with van der Waals surface area (Å²) in [7, 11) is 1.78. The van der Waals surface area contributed by atoms with E-state index in [4.69, 9.17) is 10.7 Å². The van der Waals surface area contributed by atoms with Crippen LogP contribution in [0.5, 0.6) is 0 Å². The minimum atomic E-state index is -2.24. The van der Waals surface area contributed by atoms with Crippen molar-refractivity contribution in [3.8, 4) is 17.3 Å². The van der Waals surface area contributed by atoms with E-state index in [1.54, 1.807) is 43.2 Å². The zero-order valence-corrected chi connectivity index (χ0v) is 13.7. The van der Waals surface area contributed by atoms with Crippen molar-refractivity contribution in [2.24, 2.45) is 7.05 Å². The number of hydrogen-bond acceptors (Lipinski definition) is 6. The van der Waals surface area contributed by atoms with E-state index in [1.165, 1.54) is 6.07 Å². The minimum Gasteiger partial charge on any atom is -0.350 e. The lowest BCUT2D eigenvalue weighted by Crippen LogP contribution is -2.32. The Labute approximate surface area is 151 Å². The second kappa shape index (κ2) is 5.98. The van der Waals surface area contributed by atoms with E-state index in [0.717, 1.165) is 10.6 Å². The van der Waals surface area contributed by atoms with Crippen LogP contribution in [-0.4, -0.2) is 31.5 Å². The Morgan fingerprint density at radius 2 is 2.20 bits per heavy atom. The Balaban J connectivity index is 1.89. The van der Waals surface area contributed by atoms with Crippen molar-refractivity contribution in [3.05, 3.63) is 53.1 Å². The van der Waals surface area contributed by atoms with Gasteiger partial charge in [0.2, 0.25) is 0 Å². The molecule has 4 heterocycles. The molecule has 0 fully saturated rings. The van der Waals surface area contributed by atoms with Crippen LogP contribution in [0.4, 0.5) is 5.82 Å². The van der Waals surface area contributed by atoms with Crippen LogP contribution in [0, 0.1) is 18.3 Å². The van der Waals surface area contributed by atoms with Gasteiger partial charge in [0.25, 0.3) is 0 Å². The highest BCUT2D eigenvalue weighted by Crippen LogP contribution is 2.27. The van der Waals surface area contributed by atoms with Crippen molar-refractivity contribution < 1.29 is 5.48 Å². The maximum atomic E-state index is 9.01. The van der Waals surface area contributed by atoms with Crippen LogP contribution < -0.4 is 4.90 Å². The fraction of sp³-hybridized carbons (Fsp3) is 0.278. The monoisotopic (exact) mass is 335 g/mol. The highest BCUT2D eigenvalue weighted by Gasteiger charge is 2.21. The first-order chi connectivity index (χ1) is 13.6. The van der Waals surface area contributed by atoms with Gasteiger partial charge in [-0.25, -0.2) is 0 Å². The summed E-state index contributed by atoms with van der Waals surface area (Å²) in [6.07, 6.45) is 3.13. The summed E-state index contributed by atoms with van der Waals surface area (Å²) in [4.78, 5) is 5.35. The molecular formula is C18H17N7. The number of nitrogens with zero attached hydrogens (tertiary/aromatic N) is 7. The molecule has 0 aliphatic carbocycles. The molecule has 1 aliphatic heterocycles. The predicted molar refractivity (Wildman–Crippen MR) is 92.7 cm³/mol. The van der Waals surface area contributed by atoms with E-state index in [1.807, 2.05) is 6.07 Å². The zero-order chi connectivity index (χ0) is 21.0. The number of nitriles is 1. The number of aromatic nitrogens is 5. The summed E-state index contributed by atoms with van der Waals surface area (Å²) < 4.78 is 36.2. The smallest absolute Gasteiger partial charge is 0.163 e. The largest absolute Gasteiger partial charge is 0.350 e. The second-order valence-electron chi connectivity index (χ2n) is 5.69. The topological polar surface area (TPSA) is 83.5 Å². The molecule has 1 aliphatic rings. The van der Waals surface area contributed by atoms with Crippen molar-refractivity contribution >= 4 is 5.82 Å². The Morgan fingerprint density at radius 1 is 1.32 bits per heavy atom. The van der Waals surface area contributed by atoms with Crippen molar-refractivity contribution in [3.63, 3.8) is 0 Å². The molecule has 0 spiro atoms. The minimum absolute atomic E-state index is 0.0515. The van der Waals surface area contributed by atoms with Crippen molar-refractivity contribution in [1.29, 1.82) is 5.26 Å². The molecule has 0 aromatic carbocycles. The molecule has 0 amide bonds. The standard InChI is InChI=1S/C18H17N7/c1-12-7-15(9-19)22-23-18(12)25-6-4-16-14(11-25)8-13(10-20-16)17-3-5-21-24(17)2/h3,5,7-8,10H,4,6,11H2,1-2H3/i6D2,11D2. The normalized spacial score (nSPS) is 19.8. The van der Waals surface area contributed by atoms with E-state index in [9.17, 15) is 0 Å². The first-order valence-electron chi connectivity index (χ1n) is 9.67. The van der Waals surface area contributed by atoms with Crippen molar-refractivity contribution in [1.82, 2.24) is 25.0 Å². The Bertz CT molecular complexity index is 1150. The van der Waals surface area contributed by atoms with Crippen LogP contribution in [0.15, 0.2) is 30.6 Å². The van der Waals surface area contributed by atoms with E-state index in [-0.39, 0.29) is 23.5 Å². The highest BCUT2D eigenvalue weighted by atomic mass is 15.3. The lowest BCUT2D eigenvalue weighted by atomic mass is 10.0. The molecule has 3 aromatic rings. The fourth-order valence-corrected chi connectivity index (χ4v) is 2.72. The van der Waals surface area contributed by atoms with E-state index in [2.05, 4.69) is 20.3 Å². The van der Waals surface area contributed by atoms with Gasteiger partial charge in [0.1, 0.15) is 6.07 Å². The molecule has 0 N–H and O–H groups in total. The van der Waals surface area contributed by atoms with Gasteiger partial charge in [0.05, 0.1) is 8.44 Å². The zero-order valence-electron chi connectivity index (χ0n) is 17.7. The maximum Gasteiger partial charge on any atom is 0.163 e. The predicted octanol–water partition coefficient (Wildman–Crippen LogP) is 2.01. The first kappa shape index (κ1) is 11.3. The quantitative estimate of drug-likeness (QED) is 0.712. The summed E-state index contributed by atoms with van der Waals surface area (Å²) >= 11 is 0. The van der Waals surface area contributed by atoms with Gasteiger partial charge in [-0.05, 0) is 36.2 Å². The summed E-state index contributed by atoms with van der Waals surface area (Å²) in [6.45, 7) is -2.69. The average Bonchev–Trinajstić information content (AvgIpc) is 3.08. The molecule has 7 nitrogen and oxygen atoms in total. The molecular weight excluding hydrogens is 314 g/mol. The van der Waals surface area contributed by atoms with Gasteiger partial charge in [-0.1, -0.05) is 0 Å². The number of rotatable bonds is 2. The number of fused-ring (bicyclic) bond motifs is 1. The van der Waals surface area contributed by atoms with Gasteiger partial charge in [-0.2, -0.15) is 10.4 Å². The van der Waals surface area contributed by atoms with Gasteiger partial charge in [0, 0.05) is 52.9 Å². The molecule has 4 rings (SSSR count). The maximum absolute atomic E-state index is 9.01. The number of pyridine rings is 1. The van der Waals surface area contributed by atoms with Gasteiger partial charge in [-0.3, -0.25) is 9.67 Å². The molecule has 25 heavy (non-hydrogen) atoms. The molecule has 0 atom stereocenters. The van der Waals surface area contributed by atoms with E-state index >= 15 is 0 Å². The lowest BCUT2D eigenvalue weighted by molar-refractivity contribution is 0.692. The Hall–Kier alpha value is -3.27. The Kier molecular flexibility index (Phi) is 2.71. The van der Waals surface area contributed by atoms with E-state index in [0.29, 0.717) is 16.8 Å². The lowest BCUT2D eigenvalue weighted by Gasteiger charge is -2.30. The first-order valence-corrected chi connectivity index (χ1v) is 7.67. The van der Waals surface area contributed by atoms with Crippen LogP contribution in [-0.2, 0) is 20.0 Å². The second-order valence-corrected chi connectivity index (χ2v) is 5.69. The van der Waals surface area contributed by atoms with Gasteiger partial charge in [0.15, 0.2) is 11.5 Å². The van der Waals surface area contributed by atoms with Crippen molar-refractivity contribution in [2.45, 2.75) is 19.8 Å². The molecule has 7 heteroatoms. The molecule has 124 valence electrons. The third-order valence-corrected chi connectivity index (χ3v) is 4.01. The van der Waals surface area contributed by atoms with Gasteiger partial charge >= 0.3 is 0 Å². The molecule has 0 unspecified atom stereocenters. The summed E-state index contributed by atoms with van der Waals surface area (Å²) in [6, 6.07) is 6.83. The summed E-state index contributed by atoms with van der Waals surface area (Å²) in [5.74, 6) is 0.0515. The molecule has 0 bridgehead atoms. The number of aryl methyl sites for hydroxylation is 3. The van der Waals surface area contributed by atoms with Crippen LogP contribution in [0.1, 0.15) is 28.0 Å². The van der Waals surface area contributed by atoms with Crippen LogP contribution in [0.3, 0.4) is 0 Å². The SMILES string of the molecule is [2H]C1([2H])Cc2ncc(-c3ccnn3C)cc2C([2H])([2H])N1c1nnc(C#N)cc1C. The summed E-state index contributed by atoms with van der Waals surface area (Å²) in [5.41, 5.74) is 2.61. The van der Waals surface area contributed by atoms with Crippen LogP contribution in [0.2, 0.25) is 0 Å². The fourth-order valence-electron chi connectivity index (χ4n) is 2.72. The Morgan fingerprint density at radius 3 is 2.92 bits per heavy atom. The molecule has 3 aromatic heterocycles. The van der Waals surface area contributed by atoms with Gasteiger partial charge in [-0.15, -0.1) is 10.2 Å². The number of hydrogen-bond donors (Lipinski definition) is 0. The third-order valence-electron chi connectivity index (χ3n) is 4.01. The average molecular weight is 335 g/mol. The number of anilines is 1. The van der Waals surface area contributed by atoms with Crippen LogP contribution >= 0.6 is 0 Å². The summed E-state index contributed by atoms with van der Waals surface area (Å²) in [5, 5.41) is 20.9. The van der Waals surface area contributed by atoms with E-state index < -0.39 is 13.0 Å². The molecule has 0 saturated carbocycles. The highest BCUT2D eigenvalue weighted by molar-refractivity contribution is 5.60. The van der Waals surface area contributed by atoms with Crippen LogP contribution in [0.25, 0.3) is 11.3 Å². The third kappa shape index (κ3) is 2.72. The van der Waals surface area contributed by atoms with Crippen molar-refractivity contribution in [2.75, 3.05) is 11.4 Å².